The second kappa shape index (κ2) is 9.25. The lowest BCUT2D eigenvalue weighted by molar-refractivity contribution is -0.137. The molecule has 35 heavy (non-hydrogen) atoms. The van der Waals surface area contributed by atoms with Crippen LogP contribution in [0.5, 0.6) is 0 Å². The molecule has 3 atom stereocenters. The molecule has 1 aromatic rings. The highest BCUT2D eigenvalue weighted by Gasteiger charge is 2.44. The van der Waals surface area contributed by atoms with Gasteiger partial charge in [-0.25, -0.2) is 4.79 Å². The topological polar surface area (TPSA) is 36.0 Å². The number of piperidine rings is 1. The van der Waals surface area contributed by atoms with Crippen LogP contribution in [0.25, 0.3) is 0 Å². The third kappa shape index (κ3) is 5.48. The minimum absolute atomic E-state index is 0.0275. The largest absolute Gasteiger partial charge is 0.444 e. The summed E-state index contributed by atoms with van der Waals surface area (Å²) in [6.07, 6.45) is -2.04. The number of halogens is 3. The molecule has 0 aromatic heterocycles. The predicted molar refractivity (Wildman–Crippen MR) is 130 cm³/mol. The number of alkyl halides is 3. The minimum atomic E-state index is -4.30. The Kier molecular flexibility index (Phi) is 6.95. The van der Waals surface area contributed by atoms with Gasteiger partial charge in [-0.3, -0.25) is 9.80 Å². The average molecular weight is 496 g/mol. The van der Waals surface area contributed by atoms with Gasteiger partial charge in [-0.1, -0.05) is 13.0 Å². The number of hydrogen-bond acceptors (Lipinski definition) is 4. The van der Waals surface area contributed by atoms with Crippen molar-refractivity contribution < 1.29 is 22.7 Å². The summed E-state index contributed by atoms with van der Waals surface area (Å²) in [7, 11) is 0. The highest BCUT2D eigenvalue weighted by molar-refractivity contribution is 5.68. The highest BCUT2D eigenvalue weighted by atomic mass is 19.4. The van der Waals surface area contributed by atoms with Gasteiger partial charge in [0.1, 0.15) is 5.60 Å². The first-order valence-electron chi connectivity index (χ1n) is 12.9. The van der Waals surface area contributed by atoms with Gasteiger partial charge in [0.15, 0.2) is 0 Å². The number of fused-ring (bicyclic) bond motifs is 1. The molecule has 2 saturated heterocycles. The zero-order valence-corrected chi connectivity index (χ0v) is 21.9. The third-order valence-electron chi connectivity index (χ3n) is 8.16. The maximum Gasteiger partial charge on any atom is 0.416 e. The van der Waals surface area contributed by atoms with Crippen molar-refractivity contribution in [2.24, 2.45) is 5.92 Å². The molecule has 2 heterocycles. The van der Waals surface area contributed by atoms with Crippen LogP contribution in [-0.2, 0) is 17.3 Å². The van der Waals surface area contributed by atoms with Crippen molar-refractivity contribution in [1.82, 2.24) is 14.7 Å². The Morgan fingerprint density at radius 1 is 1.06 bits per heavy atom. The van der Waals surface area contributed by atoms with Crippen molar-refractivity contribution in [3.05, 3.63) is 34.9 Å². The van der Waals surface area contributed by atoms with E-state index in [1.165, 1.54) is 12.1 Å². The third-order valence-corrected chi connectivity index (χ3v) is 8.16. The van der Waals surface area contributed by atoms with E-state index in [0.29, 0.717) is 25.6 Å². The monoisotopic (exact) mass is 495 g/mol. The number of piperazine rings is 1. The molecule has 0 unspecified atom stereocenters. The summed E-state index contributed by atoms with van der Waals surface area (Å²) in [5, 5.41) is 0. The lowest BCUT2D eigenvalue weighted by Gasteiger charge is -2.53. The molecule has 0 radical (unpaired) electrons. The molecule has 0 N–H and O–H groups in total. The maximum atomic E-state index is 13.2. The van der Waals surface area contributed by atoms with Crippen LogP contribution in [0, 0.1) is 5.92 Å². The fourth-order valence-electron chi connectivity index (χ4n) is 6.21. The lowest BCUT2D eigenvalue weighted by Crippen LogP contribution is -2.62. The number of nitrogens with zero attached hydrogens (tertiary/aromatic N) is 3. The molecule has 196 valence electrons. The molecule has 2 aliphatic heterocycles. The maximum absolute atomic E-state index is 13.2. The predicted octanol–water partition coefficient (Wildman–Crippen LogP) is 5.73. The number of amides is 1. The first-order chi connectivity index (χ1) is 16.2. The van der Waals surface area contributed by atoms with Crippen LogP contribution in [-0.4, -0.2) is 70.7 Å². The fourth-order valence-corrected chi connectivity index (χ4v) is 6.21. The molecule has 1 aliphatic carbocycles. The van der Waals surface area contributed by atoms with Crippen molar-refractivity contribution >= 4 is 6.09 Å². The van der Waals surface area contributed by atoms with E-state index >= 15 is 0 Å². The summed E-state index contributed by atoms with van der Waals surface area (Å²) in [5.41, 5.74) is 0.886. The normalized spacial score (nSPS) is 28.1. The standard InChI is InChI=1S/C27H40F3N3O2/c1-18-15-20-16-21(27(28,29)30)7-8-22(20)23(18)33-14-13-32(17-19(33)2)26(6)9-11-31(12-10-26)24(34)35-25(3,4)5/h7-8,16,18-19,23H,9-15,17H2,1-6H3/t18-,19+,23+/m1/s1. The Labute approximate surface area is 207 Å². The van der Waals surface area contributed by atoms with Crippen molar-refractivity contribution in [3.8, 4) is 0 Å². The first kappa shape index (κ1) is 26.3. The number of hydrogen-bond donors (Lipinski definition) is 0. The number of likely N-dealkylation sites (tertiary alicyclic amines) is 1. The van der Waals surface area contributed by atoms with E-state index in [0.717, 1.165) is 43.6 Å². The molecular formula is C27H40F3N3O2. The Hall–Kier alpha value is -1.80. The molecule has 4 rings (SSSR count). The SMILES string of the molecule is C[C@@H]1Cc2cc(C(F)(F)F)ccc2[C@H]1N1CCN(C2(C)CCN(C(=O)OC(C)(C)C)CC2)C[C@@H]1C. The van der Waals surface area contributed by atoms with E-state index in [4.69, 9.17) is 4.74 Å². The van der Waals surface area contributed by atoms with Gasteiger partial charge in [0.25, 0.3) is 0 Å². The molecular weight excluding hydrogens is 455 g/mol. The van der Waals surface area contributed by atoms with Crippen LogP contribution in [0.1, 0.15) is 77.1 Å². The zero-order chi connectivity index (χ0) is 25.8. The summed E-state index contributed by atoms with van der Waals surface area (Å²) < 4.78 is 45.2. The van der Waals surface area contributed by atoms with Crippen LogP contribution in [0.15, 0.2) is 18.2 Å². The van der Waals surface area contributed by atoms with Crippen LogP contribution in [0.4, 0.5) is 18.0 Å². The summed E-state index contributed by atoms with van der Waals surface area (Å²) in [5.74, 6) is 0.287. The van der Waals surface area contributed by atoms with Gasteiger partial charge in [0.05, 0.1) is 5.56 Å². The molecule has 2 fully saturated rings. The smallest absolute Gasteiger partial charge is 0.416 e. The van der Waals surface area contributed by atoms with Gasteiger partial charge in [0.2, 0.25) is 0 Å². The van der Waals surface area contributed by atoms with E-state index in [1.54, 1.807) is 6.07 Å². The summed E-state index contributed by atoms with van der Waals surface area (Å²) in [6.45, 7) is 16.5. The summed E-state index contributed by atoms with van der Waals surface area (Å²) >= 11 is 0. The van der Waals surface area contributed by atoms with Crippen molar-refractivity contribution in [1.29, 1.82) is 0 Å². The van der Waals surface area contributed by atoms with Gasteiger partial charge < -0.3 is 9.64 Å². The minimum Gasteiger partial charge on any atom is -0.444 e. The summed E-state index contributed by atoms with van der Waals surface area (Å²) in [6, 6.07) is 4.76. The van der Waals surface area contributed by atoms with Gasteiger partial charge >= 0.3 is 12.3 Å². The molecule has 8 heteroatoms. The number of ether oxygens (including phenoxy) is 1. The van der Waals surface area contributed by atoms with Gasteiger partial charge in [-0.15, -0.1) is 0 Å². The van der Waals surface area contributed by atoms with E-state index in [1.807, 2.05) is 25.7 Å². The second-order valence-electron chi connectivity index (χ2n) is 12.0. The molecule has 0 spiro atoms. The number of carbonyl (C=O) groups is 1. The Bertz CT molecular complexity index is 935. The zero-order valence-electron chi connectivity index (χ0n) is 21.9. The molecule has 1 amide bonds. The van der Waals surface area contributed by atoms with Crippen LogP contribution in [0.2, 0.25) is 0 Å². The van der Waals surface area contributed by atoms with Gasteiger partial charge in [-0.05, 0) is 83.1 Å². The Balaban J connectivity index is 1.39. The van der Waals surface area contributed by atoms with Crippen LogP contribution < -0.4 is 0 Å². The van der Waals surface area contributed by atoms with Gasteiger partial charge in [-0.2, -0.15) is 13.2 Å². The fraction of sp³-hybridized carbons (Fsp3) is 0.741. The molecule has 0 saturated carbocycles. The molecule has 3 aliphatic rings. The van der Waals surface area contributed by atoms with E-state index in [9.17, 15) is 18.0 Å². The van der Waals surface area contributed by atoms with Crippen LogP contribution in [0.3, 0.4) is 0 Å². The van der Waals surface area contributed by atoms with Crippen molar-refractivity contribution in [2.75, 3.05) is 32.7 Å². The van der Waals surface area contributed by atoms with E-state index in [2.05, 4.69) is 30.6 Å². The van der Waals surface area contributed by atoms with Gasteiger partial charge in [0, 0.05) is 50.3 Å². The van der Waals surface area contributed by atoms with E-state index < -0.39 is 17.3 Å². The van der Waals surface area contributed by atoms with Crippen molar-refractivity contribution in [2.45, 2.75) is 90.2 Å². The molecule has 1 aromatic carbocycles. The lowest BCUT2D eigenvalue weighted by atomic mass is 9.86. The number of rotatable bonds is 2. The highest BCUT2D eigenvalue weighted by Crippen LogP contribution is 2.44. The second-order valence-corrected chi connectivity index (χ2v) is 12.0. The average Bonchev–Trinajstić information content (AvgIpc) is 3.07. The molecule has 0 bridgehead atoms. The quantitative estimate of drug-likeness (QED) is 0.525. The van der Waals surface area contributed by atoms with Crippen LogP contribution >= 0.6 is 0 Å². The first-order valence-corrected chi connectivity index (χ1v) is 12.9. The number of carbonyl (C=O) groups excluding carboxylic acids is 1. The summed E-state index contributed by atoms with van der Waals surface area (Å²) in [4.78, 5) is 19.4. The number of benzene rings is 1. The Morgan fingerprint density at radius 2 is 1.71 bits per heavy atom. The Morgan fingerprint density at radius 3 is 2.29 bits per heavy atom. The van der Waals surface area contributed by atoms with Crippen molar-refractivity contribution in [3.63, 3.8) is 0 Å². The molecule has 5 nitrogen and oxygen atoms in total. The van der Waals surface area contributed by atoms with E-state index in [-0.39, 0.29) is 23.6 Å².